The minimum Gasteiger partial charge on any atom is -0.302 e. The zero-order chi connectivity index (χ0) is 21.6. The smallest absolute Gasteiger partial charge is 0.0724 e. The topological polar surface area (TPSA) is 24.4 Å². The van der Waals surface area contributed by atoms with Crippen LogP contribution >= 0.6 is 0 Å². The van der Waals surface area contributed by atoms with E-state index in [2.05, 4.69) is 106 Å². The molecule has 0 saturated heterocycles. The lowest BCUT2D eigenvalue weighted by Gasteiger charge is -2.25. The van der Waals surface area contributed by atoms with E-state index >= 15 is 0 Å². The second kappa shape index (κ2) is 7.53. The summed E-state index contributed by atoms with van der Waals surface area (Å²) < 4.78 is 0. The Labute approximate surface area is 185 Å². The first-order valence-corrected chi connectivity index (χ1v) is 11.2. The number of rotatable bonds is 4. The van der Waals surface area contributed by atoms with Gasteiger partial charge in [0.15, 0.2) is 0 Å². The Balaban J connectivity index is 1.32. The molecule has 2 heteroatoms. The van der Waals surface area contributed by atoms with Gasteiger partial charge in [0.05, 0.1) is 11.8 Å². The van der Waals surface area contributed by atoms with Crippen molar-refractivity contribution in [2.75, 3.05) is 0 Å². The largest absolute Gasteiger partial charge is 0.302 e. The summed E-state index contributed by atoms with van der Waals surface area (Å²) in [7, 11) is 0. The van der Waals surface area contributed by atoms with Gasteiger partial charge in [0.25, 0.3) is 0 Å². The second-order valence-corrected chi connectivity index (χ2v) is 9.89. The zero-order valence-electron chi connectivity index (χ0n) is 18.6. The maximum Gasteiger partial charge on any atom is 0.0724 e. The Bertz CT molecular complexity index is 1110. The third kappa shape index (κ3) is 3.83. The predicted molar refractivity (Wildman–Crippen MR) is 131 cm³/mol. The molecule has 156 valence electrons. The standard InChI is InChI=1S/C29H30N2/c1-5-19-6-8-20(9-7-19)21-10-12-22(13-11-21)27-25-18-26(25)28(31-30-27)23-14-16-24(17-15-23)29(2,3)4/h5-17,25-26,28,31H,1,18H2,2-4H3/t25-,26?,28?/m0/s1. The molecule has 2 unspecified atom stereocenters. The van der Waals surface area contributed by atoms with Gasteiger partial charge in [-0.2, -0.15) is 5.10 Å². The molecular formula is C29H30N2. The van der Waals surface area contributed by atoms with Crippen molar-refractivity contribution >= 4 is 11.8 Å². The van der Waals surface area contributed by atoms with Crippen molar-refractivity contribution in [1.29, 1.82) is 0 Å². The average Bonchev–Trinajstić information content (AvgIpc) is 3.59. The number of fused-ring (bicyclic) bond motifs is 1. The number of hydrogen-bond donors (Lipinski definition) is 1. The van der Waals surface area contributed by atoms with Crippen LogP contribution in [0, 0.1) is 11.8 Å². The van der Waals surface area contributed by atoms with Crippen LogP contribution in [-0.2, 0) is 5.41 Å². The fraction of sp³-hybridized carbons (Fsp3) is 0.276. The summed E-state index contributed by atoms with van der Waals surface area (Å²) in [6.45, 7) is 10.6. The molecule has 5 rings (SSSR count). The molecule has 1 N–H and O–H groups in total. The molecule has 0 radical (unpaired) electrons. The fourth-order valence-electron chi connectivity index (χ4n) is 4.65. The lowest BCUT2D eigenvalue weighted by Crippen LogP contribution is -2.27. The first kappa shape index (κ1) is 19.8. The third-order valence-electron chi connectivity index (χ3n) is 6.74. The summed E-state index contributed by atoms with van der Waals surface area (Å²) in [6, 6.07) is 26.8. The molecule has 3 aromatic rings. The van der Waals surface area contributed by atoms with Gasteiger partial charge in [0, 0.05) is 5.92 Å². The van der Waals surface area contributed by atoms with Crippen LogP contribution in [0.1, 0.15) is 55.5 Å². The SMILES string of the molecule is C=Cc1ccc(-c2ccc(C3=NNC(c4ccc(C(C)(C)C)cc4)C4C[C@H]34)cc2)cc1. The Morgan fingerprint density at radius 2 is 1.42 bits per heavy atom. The van der Waals surface area contributed by atoms with Crippen LogP contribution in [0.5, 0.6) is 0 Å². The second-order valence-electron chi connectivity index (χ2n) is 9.89. The molecule has 1 aliphatic heterocycles. The van der Waals surface area contributed by atoms with E-state index in [0.717, 1.165) is 5.56 Å². The Kier molecular flexibility index (Phi) is 4.81. The molecule has 0 amide bonds. The predicted octanol–water partition coefficient (Wildman–Crippen LogP) is 6.98. The van der Waals surface area contributed by atoms with Crippen LogP contribution in [0.3, 0.4) is 0 Å². The van der Waals surface area contributed by atoms with E-state index in [1.54, 1.807) is 0 Å². The molecule has 1 fully saturated rings. The Morgan fingerprint density at radius 1 is 0.839 bits per heavy atom. The molecule has 1 heterocycles. The number of hydrogen-bond acceptors (Lipinski definition) is 2. The molecule has 31 heavy (non-hydrogen) atoms. The van der Waals surface area contributed by atoms with Crippen LogP contribution in [-0.4, -0.2) is 5.71 Å². The summed E-state index contributed by atoms with van der Waals surface area (Å²) in [5.41, 5.74) is 12.4. The number of hydrazone groups is 1. The first-order valence-electron chi connectivity index (χ1n) is 11.2. The van der Waals surface area contributed by atoms with Crippen molar-refractivity contribution < 1.29 is 0 Å². The average molecular weight is 407 g/mol. The number of nitrogens with zero attached hydrogens (tertiary/aromatic N) is 1. The van der Waals surface area contributed by atoms with E-state index in [1.807, 2.05) is 6.08 Å². The van der Waals surface area contributed by atoms with E-state index in [1.165, 1.54) is 39.9 Å². The van der Waals surface area contributed by atoms with Crippen molar-refractivity contribution in [3.63, 3.8) is 0 Å². The van der Waals surface area contributed by atoms with Gasteiger partial charge in [-0.05, 0) is 51.1 Å². The van der Waals surface area contributed by atoms with E-state index in [9.17, 15) is 0 Å². The van der Waals surface area contributed by atoms with E-state index in [-0.39, 0.29) is 5.41 Å². The third-order valence-corrected chi connectivity index (χ3v) is 6.74. The Hall–Kier alpha value is -3.13. The lowest BCUT2D eigenvalue weighted by molar-refractivity contribution is 0.470. The Morgan fingerprint density at radius 3 is 2.00 bits per heavy atom. The quantitative estimate of drug-likeness (QED) is 0.497. The summed E-state index contributed by atoms with van der Waals surface area (Å²) in [6.07, 6.45) is 3.08. The summed E-state index contributed by atoms with van der Waals surface area (Å²) in [5, 5.41) is 4.83. The van der Waals surface area contributed by atoms with Gasteiger partial charge in [0.1, 0.15) is 0 Å². The molecule has 3 aromatic carbocycles. The monoisotopic (exact) mass is 406 g/mol. The maximum absolute atomic E-state index is 4.83. The molecular weight excluding hydrogens is 376 g/mol. The first-order chi connectivity index (χ1) is 14.9. The molecule has 0 aromatic heterocycles. The van der Waals surface area contributed by atoms with Crippen LogP contribution in [0.25, 0.3) is 17.2 Å². The van der Waals surface area contributed by atoms with Gasteiger partial charge in [-0.3, -0.25) is 0 Å². The molecule has 3 atom stereocenters. The number of nitrogens with one attached hydrogen (secondary N) is 1. The van der Waals surface area contributed by atoms with Gasteiger partial charge in [-0.15, -0.1) is 0 Å². The highest BCUT2D eigenvalue weighted by atomic mass is 15.3. The van der Waals surface area contributed by atoms with Gasteiger partial charge >= 0.3 is 0 Å². The van der Waals surface area contributed by atoms with Gasteiger partial charge < -0.3 is 5.43 Å². The van der Waals surface area contributed by atoms with Crippen LogP contribution < -0.4 is 5.43 Å². The fourth-order valence-corrected chi connectivity index (χ4v) is 4.65. The highest BCUT2D eigenvalue weighted by Gasteiger charge is 2.49. The van der Waals surface area contributed by atoms with E-state index in [0.29, 0.717) is 17.9 Å². The van der Waals surface area contributed by atoms with E-state index in [4.69, 9.17) is 5.10 Å². The lowest BCUT2D eigenvalue weighted by atomic mass is 9.85. The van der Waals surface area contributed by atoms with Crippen molar-refractivity contribution in [1.82, 2.24) is 5.43 Å². The van der Waals surface area contributed by atoms with Crippen LogP contribution in [0.2, 0.25) is 0 Å². The minimum absolute atomic E-state index is 0.186. The van der Waals surface area contributed by atoms with Gasteiger partial charge in [-0.25, -0.2) is 0 Å². The normalized spacial score (nSPS) is 22.2. The van der Waals surface area contributed by atoms with Crippen LogP contribution in [0.15, 0.2) is 84.5 Å². The molecule has 2 nitrogen and oxygen atoms in total. The zero-order valence-corrected chi connectivity index (χ0v) is 18.6. The van der Waals surface area contributed by atoms with Gasteiger partial charge in [-0.1, -0.05) is 106 Å². The summed E-state index contributed by atoms with van der Waals surface area (Å²) in [5.74, 6) is 1.20. The van der Waals surface area contributed by atoms with Crippen molar-refractivity contribution in [3.05, 3.63) is 102 Å². The van der Waals surface area contributed by atoms with Gasteiger partial charge in [0.2, 0.25) is 0 Å². The van der Waals surface area contributed by atoms with Crippen molar-refractivity contribution in [3.8, 4) is 11.1 Å². The minimum atomic E-state index is 0.186. The van der Waals surface area contributed by atoms with E-state index < -0.39 is 0 Å². The van der Waals surface area contributed by atoms with Crippen LogP contribution in [0.4, 0.5) is 0 Å². The summed E-state index contributed by atoms with van der Waals surface area (Å²) in [4.78, 5) is 0. The molecule has 2 aliphatic rings. The highest BCUT2D eigenvalue weighted by Crippen LogP contribution is 2.51. The molecule has 0 bridgehead atoms. The van der Waals surface area contributed by atoms with Crippen molar-refractivity contribution in [2.24, 2.45) is 16.9 Å². The summed E-state index contributed by atoms with van der Waals surface area (Å²) >= 11 is 0. The maximum atomic E-state index is 4.83. The molecule has 1 saturated carbocycles. The number of benzene rings is 3. The molecule has 1 aliphatic carbocycles. The molecule has 0 spiro atoms. The van der Waals surface area contributed by atoms with Crippen molar-refractivity contribution in [2.45, 2.75) is 38.6 Å². The highest BCUT2D eigenvalue weighted by molar-refractivity contribution is 6.04.